The minimum absolute atomic E-state index is 0.00615. The van der Waals surface area contributed by atoms with E-state index in [0.29, 0.717) is 6.04 Å². The van der Waals surface area contributed by atoms with Gasteiger partial charge in [-0.3, -0.25) is 0 Å². The van der Waals surface area contributed by atoms with Crippen LogP contribution in [-0.2, 0) is 0 Å². The Morgan fingerprint density at radius 1 is 1.24 bits per heavy atom. The molecular formula is C16H24F2N2O. The van der Waals surface area contributed by atoms with Crippen molar-refractivity contribution >= 4 is 0 Å². The molecule has 1 aliphatic heterocycles. The van der Waals surface area contributed by atoms with Gasteiger partial charge in [-0.1, -0.05) is 18.2 Å². The van der Waals surface area contributed by atoms with Crippen molar-refractivity contribution in [3.8, 4) is 5.75 Å². The molecule has 2 rings (SSSR count). The number of benzene rings is 1. The summed E-state index contributed by atoms with van der Waals surface area (Å²) in [6, 6.07) is 7.43. The Kier molecular flexibility index (Phi) is 5.94. The molecule has 1 heterocycles. The lowest BCUT2D eigenvalue weighted by molar-refractivity contribution is -0.0506. The number of nitrogens with one attached hydrogen (secondary N) is 1. The van der Waals surface area contributed by atoms with Gasteiger partial charge in [0.25, 0.3) is 0 Å². The summed E-state index contributed by atoms with van der Waals surface area (Å²) in [7, 11) is 2.14. The van der Waals surface area contributed by atoms with Gasteiger partial charge in [0.15, 0.2) is 0 Å². The van der Waals surface area contributed by atoms with Crippen molar-refractivity contribution < 1.29 is 13.5 Å². The van der Waals surface area contributed by atoms with Gasteiger partial charge in [0.05, 0.1) is 0 Å². The molecule has 3 nitrogen and oxygen atoms in total. The van der Waals surface area contributed by atoms with E-state index < -0.39 is 6.61 Å². The molecule has 1 aliphatic rings. The molecule has 1 aromatic rings. The van der Waals surface area contributed by atoms with Gasteiger partial charge in [0.2, 0.25) is 0 Å². The van der Waals surface area contributed by atoms with Crippen LogP contribution in [0.25, 0.3) is 0 Å². The summed E-state index contributed by atoms with van der Waals surface area (Å²) in [5.41, 5.74) is 0.787. The SMILES string of the molecule is CC(NC1CCCN(C)CC1)c1ccccc1OC(F)F. The quantitative estimate of drug-likeness (QED) is 0.901. The van der Waals surface area contributed by atoms with Crippen LogP contribution in [0.3, 0.4) is 0 Å². The zero-order valence-corrected chi connectivity index (χ0v) is 12.7. The van der Waals surface area contributed by atoms with Crippen molar-refractivity contribution in [3.63, 3.8) is 0 Å². The van der Waals surface area contributed by atoms with Gasteiger partial charge >= 0.3 is 6.61 Å². The van der Waals surface area contributed by atoms with E-state index in [1.54, 1.807) is 12.1 Å². The van der Waals surface area contributed by atoms with E-state index in [2.05, 4.69) is 22.0 Å². The summed E-state index contributed by atoms with van der Waals surface area (Å²) in [6.07, 6.45) is 3.36. The molecule has 1 aromatic carbocycles. The predicted molar refractivity (Wildman–Crippen MR) is 79.8 cm³/mol. The van der Waals surface area contributed by atoms with Gasteiger partial charge in [-0.25, -0.2) is 0 Å². The van der Waals surface area contributed by atoms with Crippen LogP contribution in [0.5, 0.6) is 5.75 Å². The van der Waals surface area contributed by atoms with Gasteiger partial charge < -0.3 is 15.0 Å². The fourth-order valence-electron chi connectivity index (χ4n) is 2.89. The zero-order valence-electron chi connectivity index (χ0n) is 12.7. The molecule has 1 saturated heterocycles. The molecular weight excluding hydrogens is 274 g/mol. The number of ether oxygens (including phenoxy) is 1. The Labute approximate surface area is 125 Å². The van der Waals surface area contributed by atoms with E-state index in [4.69, 9.17) is 0 Å². The first-order chi connectivity index (χ1) is 10.1. The van der Waals surface area contributed by atoms with Crippen LogP contribution < -0.4 is 10.1 Å². The average Bonchev–Trinajstić information content (AvgIpc) is 2.63. The first-order valence-electron chi connectivity index (χ1n) is 7.54. The number of rotatable bonds is 5. The second-order valence-corrected chi connectivity index (χ2v) is 5.74. The molecule has 5 heteroatoms. The maximum absolute atomic E-state index is 12.5. The normalized spacial score (nSPS) is 22.0. The molecule has 0 radical (unpaired) electrons. The third-order valence-corrected chi connectivity index (χ3v) is 4.04. The minimum atomic E-state index is -2.79. The number of alkyl halides is 2. The number of likely N-dealkylation sites (tertiary alicyclic amines) is 1. The molecule has 0 aliphatic carbocycles. The molecule has 0 saturated carbocycles. The van der Waals surface area contributed by atoms with E-state index in [1.165, 1.54) is 0 Å². The van der Waals surface area contributed by atoms with Crippen molar-refractivity contribution in [1.82, 2.24) is 10.2 Å². The Morgan fingerprint density at radius 3 is 2.76 bits per heavy atom. The van der Waals surface area contributed by atoms with Crippen LogP contribution in [0.2, 0.25) is 0 Å². The second-order valence-electron chi connectivity index (χ2n) is 5.74. The lowest BCUT2D eigenvalue weighted by Gasteiger charge is -2.24. The highest BCUT2D eigenvalue weighted by Gasteiger charge is 2.20. The Balaban J connectivity index is 2.00. The standard InChI is InChI=1S/C16H24F2N2O/c1-12(19-13-6-5-10-20(2)11-9-13)14-7-3-4-8-15(14)21-16(17)18/h3-4,7-8,12-13,16,19H,5-6,9-11H2,1-2H3. The topological polar surface area (TPSA) is 24.5 Å². The van der Waals surface area contributed by atoms with Gasteiger partial charge in [0.1, 0.15) is 5.75 Å². The average molecular weight is 298 g/mol. The number of nitrogens with zero attached hydrogens (tertiary/aromatic N) is 1. The van der Waals surface area contributed by atoms with E-state index in [0.717, 1.165) is 37.9 Å². The van der Waals surface area contributed by atoms with E-state index in [-0.39, 0.29) is 11.8 Å². The molecule has 1 fully saturated rings. The number of hydrogen-bond acceptors (Lipinski definition) is 3. The summed E-state index contributed by atoms with van der Waals surface area (Å²) >= 11 is 0. The smallest absolute Gasteiger partial charge is 0.387 e. The molecule has 118 valence electrons. The highest BCUT2D eigenvalue weighted by molar-refractivity contribution is 5.35. The van der Waals surface area contributed by atoms with Crippen molar-refractivity contribution in [2.45, 2.75) is 44.9 Å². The molecule has 1 N–H and O–H groups in total. The molecule has 0 aromatic heterocycles. The third kappa shape index (κ3) is 4.93. The summed E-state index contributed by atoms with van der Waals surface area (Å²) < 4.78 is 29.6. The van der Waals surface area contributed by atoms with Crippen LogP contribution in [0.1, 0.15) is 37.8 Å². The highest BCUT2D eigenvalue weighted by Crippen LogP contribution is 2.27. The van der Waals surface area contributed by atoms with Crippen molar-refractivity contribution in [3.05, 3.63) is 29.8 Å². The third-order valence-electron chi connectivity index (χ3n) is 4.04. The Morgan fingerprint density at radius 2 is 2.00 bits per heavy atom. The molecule has 2 atom stereocenters. The molecule has 2 unspecified atom stereocenters. The Bertz CT molecular complexity index is 442. The maximum Gasteiger partial charge on any atom is 0.387 e. The minimum Gasteiger partial charge on any atom is -0.434 e. The fraction of sp³-hybridized carbons (Fsp3) is 0.625. The first kappa shape index (κ1) is 16.2. The van der Waals surface area contributed by atoms with E-state index >= 15 is 0 Å². The van der Waals surface area contributed by atoms with Crippen LogP contribution in [0, 0.1) is 0 Å². The van der Waals surface area contributed by atoms with E-state index in [9.17, 15) is 8.78 Å². The van der Waals surface area contributed by atoms with Crippen molar-refractivity contribution in [1.29, 1.82) is 0 Å². The van der Waals surface area contributed by atoms with Crippen molar-refractivity contribution in [2.24, 2.45) is 0 Å². The van der Waals surface area contributed by atoms with Crippen LogP contribution >= 0.6 is 0 Å². The lowest BCUT2D eigenvalue weighted by Crippen LogP contribution is -2.32. The second kappa shape index (κ2) is 7.71. The zero-order chi connectivity index (χ0) is 15.2. The summed E-state index contributed by atoms with van der Waals surface area (Å²) in [5, 5.41) is 3.56. The van der Waals surface area contributed by atoms with E-state index in [1.807, 2.05) is 19.1 Å². The molecule has 21 heavy (non-hydrogen) atoms. The summed E-state index contributed by atoms with van der Waals surface area (Å²) in [4.78, 5) is 2.33. The first-order valence-corrected chi connectivity index (χ1v) is 7.54. The highest BCUT2D eigenvalue weighted by atomic mass is 19.3. The van der Waals surface area contributed by atoms with Gasteiger partial charge in [0, 0.05) is 17.6 Å². The summed E-state index contributed by atoms with van der Waals surface area (Å²) in [6.45, 7) is 1.41. The summed E-state index contributed by atoms with van der Waals surface area (Å²) in [5.74, 6) is 0.262. The lowest BCUT2D eigenvalue weighted by atomic mass is 10.0. The number of para-hydroxylation sites is 1. The fourth-order valence-corrected chi connectivity index (χ4v) is 2.89. The largest absolute Gasteiger partial charge is 0.434 e. The maximum atomic E-state index is 12.5. The Hall–Kier alpha value is -1.20. The molecule has 0 spiro atoms. The van der Waals surface area contributed by atoms with Crippen LogP contribution in [0.4, 0.5) is 8.78 Å². The van der Waals surface area contributed by atoms with Crippen LogP contribution in [-0.4, -0.2) is 37.7 Å². The molecule has 0 amide bonds. The monoisotopic (exact) mass is 298 g/mol. The van der Waals surface area contributed by atoms with Crippen molar-refractivity contribution in [2.75, 3.05) is 20.1 Å². The van der Waals surface area contributed by atoms with Gasteiger partial charge in [-0.15, -0.1) is 0 Å². The van der Waals surface area contributed by atoms with Gasteiger partial charge in [-0.2, -0.15) is 8.78 Å². The van der Waals surface area contributed by atoms with Crippen LogP contribution in [0.15, 0.2) is 24.3 Å². The number of halogens is 2. The predicted octanol–water partition coefficient (Wildman–Crippen LogP) is 3.42. The number of hydrogen-bond donors (Lipinski definition) is 1. The molecule has 0 bridgehead atoms. The van der Waals surface area contributed by atoms with Gasteiger partial charge in [-0.05, 0) is 52.4 Å².